The Bertz CT molecular complexity index is 957. The number of carbonyl (C=O) groups is 1. The molecule has 0 spiro atoms. The molecule has 0 N–H and O–H groups in total. The van der Waals surface area contributed by atoms with Gasteiger partial charge in [0, 0.05) is 5.56 Å². The van der Waals surface area contributed by atoms with Crippen molar-refractivity contribution in [3.05, 3.63) is 60.2 Å². The van der Waals surface area contributed by atoms with E-state index in [1.54, 1.807) is 50.2 Å². The fourth-order valence-corrected chi connectivity index (χ4v) is 4.87. The van der Waals surface area contributed by atoms with Crippen LogP contribution in [0.4, 0.5) is 8.78 Å². The zero-order valence-corrected chi connectivity index (χ0v) is 19.4. The largest absolute Gasteiger partial charge is 0.457 e. The smallest absolute Gasteiger partial charge is 0.313 e. The number of nitrogens with zero attached hydrogens (tertiary/aromatic N) is 1. The van der Waals surface area contributed by atoms with Gasteiger partial charge in [-0.05, 0) is 51.5 Å². The van der Waals surface area contributed by atoms with Crippen molar-refractivity contribution >= 4 is 37.8 Å². The third-order valence-electron chi connectivity index (χ3n) is 5.28. The van der Waals surface area contributed by atoms with Crippen molar-refractivity contribution in [1.29, 1.82) is 5.26 Å². The molecule has 2 unspecified atom stereocenters. The summed E-state index contributed by atoms with van der Waals surface area (Å²) in [7, 11) is 0. The molecular formula is C22H19Br2F2NO3. The number of esters is 1. The topological polar surface area (TPSA) is 59.3 Å². The van der Waals surface area contributed by atoms with Gasteiger partial charge >= 0.3 is 10.8 Å². The third kappa shape index (κ3) is 4.84. The van der Waals surface area contributed by atoms with Crippen LogP contribution in [-0.2, 0) is 9.53 Å². The minimum Gasteiger partial charge on any atom is -0.457 e. The molecule has 30 heavy (non-hydrogen) atoms. The van der Waals surface area contributed by atoms with Gasteiger partial charge in [0.2, 0.25) is 6.10 Å². The first-order chi connectivity index (χ1) is 14.1. The normalized spacial score (nSPS) is 21.8. The number of halogens is 4. The lowest BCUT2D eigenvalue weighted by Crippen LogP contribution is -2.26. The lowest BCUT2D eigenvalue weighted by Gasteiger charge is -2.17. The third-order valence-corrected chi connectivity index (χ3v) is 7.54. The van der Waals surface area contributed by atoms with Gasteiger partial charge in [0.15, 0.2) is 0 Å². The van der Waals surface area contributed by atoms with Gasteiger partial charge in [-0.25, -0.2) is 0 Å². The van der Waals surface area contributed by atoms with E-state index in [1.807, 2.05) is 24.3 Å². The standard InChI is InChI=1S/C22H19Br2F2NO3/c1-21(2)17(19(23)22(24,25)26)18(21)20(28)30-16(12-27)13-7-6-10-15(11-13)29-14-8-4-3-5-9-14/h3-11,16-19H,1-2H3/t16?,17-,18-,19?/m0/s1. The van der Waals surface area contributed by atoms with E-state index in [4.69, 9.17) is 9.47 Å². The highest BCUT2D eigenvalue weighted by Gasteiger charge is 2.68. The maximum Gasteiger partial charge on any atom is 0.313 e. The van der Waals surface area contributed by atoms with Crippen LogP contribution in [-0.4, -0.2) is 15.6 Å². The Morgan fingerprint density at radius 1 is 1.17 bits per heavy atom. The Morgan fingerprint density at radius 2 is 1.80 bits per heavy atom. The lowest BCUT2D eigenvalue weighted by molar-refractivity contribution is -0.149. The molecule has 2 aromatic rings. The maximum atomic E-state index is 13.7. The molecule has 4 nitrogen and oxygen atoms in total. The summed E-state index contributed by atoms with van der Waals surface area (Å²) in [5.74, 6) is -0.940. The van der Waals surface area contributed by atoms with Gasteiger partial charge in [-0.15, -0.1) is 0 Å². The highest BCUT2D eigenvalue weighted by atomic mass is 79.9. The van der Waals surface area contributed by atoms with Crippen LogP contribution in [0, 0.1) is 28.6 Å². The van der Waals surface area contributed by atoms with Crippen LogP contribution in [0.25, 0.3) is 0 Å². The average Bonchev–Trinajstić information content (AvgIpc) is 3.27. The monoisotopic (exact) mass is 541 g/mol. The minimum atomic E-state index is -3.16. The van der Waals surface area contributed by atoms with Gasteiger partial charge in [0.1, 0.15) is 17.6 Å². The molecular weight excluding hydrogens is 524 g/mol. The summed E-state index contributed by atoms with van der Waals surface area (Å²) < 4.78 is 38.5. The number of carbonyl (C=O) groups excluding carboxylic acids is 1. The van der Waals surface area contributed by atoms with E-state index in [0.29, 0.717) is 17.1 Å². The quantitative estimate of drug-likeness (QED) is 0.292. The summed E-state index contributed by atoms with van der Waals surface area (Å²) in [6.07, 6.45) is -1.17. The summed E-state index contributed by atoms with van der Waals surface area (Å²) in [4.78, 5) is 8.30. The fraction of sp³-hybridized carbons (Fsp3) is 0.364. The predicted octanol–water partition coefficient (Wildman–Crippen LogP) is 6.61. The number of hydrogen-bond acceptors (Lipinski definition) is 4. The number of alkyl halides is 4. The molecule has 4 atom stereocenters. The van der Waals surface area contributed by atoms with Gasteiger partial charge in [-0.2, -0.15) is 14.0 Å². The summed E-state index contributed by atoms with van der Waals surface area (Å²) in [5.41, 5.74) is -0.240. The van der Waals surface area contributed by atoms with Crippen LogP contribution in [0.2, 0.25) is 0 Å². The second kappa shape index (κ2) is 8.64. The Labute approximate surface area is 190 Å². The molecule has 0 aliphatic heterocycles. The van der Waals surface area contributed by atoms with Gasteiger partial charge in [-0.3, -0.25) is 4.79 Å². The van der Waals surface area contributed by atoms with E-state index in [9.17, 15) is 18.8 Å². The van der Waals surface area contributed by atoms with Gasteiger partial charge in [-0.1, -0.05) is 60.1 Å². The molecule has 8 heteroatoms. The van der Waals surface area contributed by atoms with Crippen molar-refractivity contribution in [3.63, 3.8) is 0 Å². The number of hydrogen-bond donors (Lipinski definition) is 0. The molecule has 0 heterocycles. The minimum absolute atomic E-state index is 0.440. The number of nitriles is 1. The maximum absolute atomic E-state index is 13.7. The van der Waals surface area contributed by atoms with Crippen molar-refractivity contribution < 1.29 is 23.0 Å². The van der Waals surface area contributed by atoms with Crippen molar-refractivity contribution in [1.82, 2.24) is 0 Å². The van der Waals surface area contributed by atoms with Crippen LogP contribution >= 0.6 is 31.9 Å². The van der Waals surface area contributed by atoms with Crippen molar-refractivity contribution in [2.75, 3.05) is 0 Å². The molecule has 1 aliphatic rings. The Morgan fingerprint density at radius 3 is 2.40 bits per heavy atom. The van der Waals surface area contributed by atoms with Crippen LogP contribution in [0.5, 0.6) is 11.5 Å². The van der Waals surface area contributed by atoms with Crippen molar-refractivity contribution in [2.24, 2.45) is 17.3 Å². The number of ether oxygens (including phenoxy) is 2. The second-order valence-electron chi connectivity index (χ2n) is 7.70. The Balaban J connectivity index is 1.72. The molecule has 1 saturated carbocycles. The highest BCUT2D eigenvalue weighted by Crippen LogP contribution is 2.64. The van der Waals surface area contributed by atoms with Crippen LogP contribution < -0.4 is 4.74 Å². The zero-order chi connectivity index (χ0) is 22.1. The first-order valence-electron chi connectivity index (χ1n) is 9.19. The Kier molecular flexibility index (Phi) is 6.54. The van der Waals surface area contributed by atoms with E-state index in [0.717, 1.165) is 0 Å². The number of para-hydroxylation sites is 1. The molecule has 3 rings (SSSR count). The molecule has 0 radical (unpaired) electrons. The molecule has 1 aliphatic carbocycles. The summed E-state index contributed by atoms with van der Waals surface area (Å²) in [6, 6.07) is 17.7. The van der Waals surface area contributed by atoms with E-state index in [1.165, 1.54) is 0 Å². The number of rotatable bonds is 7. The SMILES string of the molecule is CC1(C)[C@H](C(=O)OC(C#N)c2cccc(Oc3ccccc3)c2)[C@H]1C(Br)C(F)(F)Br. The first-order valence-corrected chi connectivity index (χ1v) is 10.9. The first kappa shape index (κ1) is 22.7. The fourth-order valence-electron chi connectivity index (χ4n) is 3.60. The summed E-state index contributed by atoms with van der Waals surface area (Å²) in [5, 5.41) is 9.54. The predicted molar refractivity (Wildman–Crippen MR) is 115 cm³/mol. The highest BCUT2D eigenvalue weighted by molar-refractivity contribution is 9.12. The Hall–Kier alpha value is -1.98. The summed E-state index contributed by atoms with van der Waals surface area (Å²) >= 11 is 5.34. The van der Waals surface area contributed by atoms with Crippen molar-refractivity contribution in [3.8, 4) is 17.6 Å². The van der Waals surface area contributed by atoms with E-state index >= 15 is 0 Å². The second-order valence-corrected chi connectivity index (χ2v) is 9.75. The molecule has 0 aromatic heterocycles. The molecule has 0 bridgehead atoms. The van der Waals surface area contributed by atoms with Gasteiger partial charge in [0.25, 0.3) is 0 Å². The lowest BCUT2D eigenvalue weighted by atomic mass is 10.1. The average molecular weight is 543 g/mol. The van der Waals surface area contributed by atoms with Gasteiger partial charge in [0.05, 0.1) is 10.7 Å². The molecule has 0 amide bonds. The molecule has 1 fully saturated rings. The van der Waals surface area contributed by atoms with Crippen molar-refractivity contribution in [2.45, 2.75) is 29.6 Å². The van der Waals surface area contributed by atoms with Crippen LogP contribution in [0.1, 0.15) is 25.5 Å². The summed E-state index contributed by atoms with van der Waals surface area (Å²) in [6.45, 7) is 3.46. The van der Waals surface area contributed by atoms with Crippen LogP contribution in [0.15, 0.2) is 54.6 Å². The van der Waals surface area contributed by atoms with E-state index in [2.05, 4.69) is 31.9 Å². The molecule has 0 saturated heterocycles. The molecule has 2 aromatic carbocycles. The van der Waals surface area contributed by atoms with E-state index < -0.39 is 39.0 Å². The van der Waals surface area contributed by atoms with Crippen LogP contribution in [0.3, 0.4) is 0 Å². The van der Waals surface area contributed by atoms with Gasteiger partial charge < -0.3 is 9.47 Å². The molecule has 158 valence electrons. The number of benzene rings is 2. The van der Waals surface area contributed by atoms with E-state index in [-0.39, 0.29) is 0 Å². The zero-order valence-electron chi connectivity index (χ0n) is 16.2.